The molecule has 0 saturated carbocycles. The summed E-state index contributed by atoms with van der Waals surface area (Å²) in [4.78, 5) is 20.1. The summed E-state index contributed by atoms with van der Waals surface area (Å²) in [5, 5.41) is 3.13. The van der Waals surface area contributed by atoms with E-state index in [9.17, 15) is 4.79 Å². The number of nitrogens with zero attached hydrogens (tertiary/aromatic N) is 2. The van der Waals surface area contributed by atoms with Gasteiger partial charge in [-0.25, -0.2) is 4.98 Å². The summed E-state index contributed by atoms with van der Waals surface area (Å²) in [5.41, 5.74) is 3.29. The van der Waals surface area contributed by atoms with Gasteiger partial charge in [-0.3, -0.25) is 9.78 Å². The second kappa shape index (κ2) is 6.48. The zero-order chi connectivity index (χ0) is 14.5. The highest BCUT2D eigenvalue weighted by atomic mass is 35.5. The van der Waals surface area contributed by atoms with Gasteiger partial charge in [0.2, 0.25) is 0 Å². The van der Waals surface area contributed by atoms with E-state index >= 15 is 0 Å². The lowest BCUT2D eigenvalue weighted by molar-refractivity contribution is 0.102. The SMILES string of the molecule is CCc1cccc(CC)c1NC(=O)c1cncc(Cl)n1. The fourth-order valence-corrected chi connectivity index (χ4v) is 2.18. The molecular weight excluding hydrogens is 274 g/mol. The van der Waals surface area contributed by atoms with Gasteiger partial charge in [-0.2, -0.15) is 0 Å². The third-order valence-electron chi connectivity index (χ3n) is 3.08. The largest absolute Gasteiger partial charge is 0.320 e. The molecule has 0 fully saturated rings. The van der Waals surface area contributed by atoms with E-state index < -0.39 is 0 Å². The summed E-state index contributed by atoms with van der Waals surface area (Å²) in [6, 6.07) is 6.03. The maximum atomic E-state index is 12.2. The first-order valence-corrected chi connectivity index (χ1v) is 6.93. The van der Waals surface area contributed by atoms with Crippen LogP contribution in [-0.2, 0) is 12.8 Å². The highest BCUT2D eigenvalue weighted by Gasteiger charge is 2.13. The van der Waals surface area contributed by atoms with Crippen LogP contribution in [0.2, 0.25) is 5.15 Å². The van der Waals surface area contributed by atoms with Crippen LogP contribution >= 0.6 is 11.6 Å². The van der Waals surface area contributed by atoms with Crippen LogP contribution in [-0.4, -0.2) is 15.9 Å². The van der Waals surface area contributed by atoms with E-state index in [-0.39, 0.29) is 16.8 Å². The van der Waals surface area contributed by atoms with Gasteiger partial charge in [-0.15, -0.1) is 0 Å². The number of rotatable bonds is 4. The van der Waals surface area contributed by atoms with E-state index in [2.05, 4.69) is 29.1 Å². The van der Waals surface area contributed by atoms with Crippen LogP contribution in [0.25, 0.3) is 0 Å². The van der Waals surface area contributed by atoms with Gasteiger partial charge in [0.05, 0.1) is 12.4 Å². The number of nitrogens with one attached hydrogen (secondary N) is 1. The Bertz CT molecular complexity index is 606. The molecule has 0 saturated heterocycles. The second-order valence-electron chi connectivity index (χ2n) is 4.34. The Balaban J connectivity index is 2.32. The third kappa shape index (κ3) is 3.14. The van der Waals surface area contributed by atoms with Crippen LogP contribution in [0.1, 0.15) is 35.5 Å². The molecule has 0 atom stereocenters. The van der Waals surface area contributed by atoms with Gasteiger partial charge in [0.15, 0.2) is 0 Å². The van der Waals surface area contributed by atoms with Gasteiger partial charge < -0.3 is 5.32 Å². The highest BCUT2D eigenvalue weighted by molar-refractivity contribution is 6.29. The van der Waals surface area contributed by atoms with Crippen molar-refractivity contribution in [3.8, 4) is 0 Å². The van der Waals surface area contributed by atoms with Crippen LogP contribution in [0.15, 0.2) is 30.6 Å². The molecule has 104 valence electrons. The normalized spacial score (nSPS) is 10.3. The van der Waals surface area contributed by atoms with Crippen LogP contribution < -0.4 is 5.32 Å². The summed E-state index contributed by atoms with van der Waals surface area (Å²) >= 11 is 5.76. The fourth-order valence-electron chi connectivity index (χ4n) is 2.03. The van der Waals surface area contributed by atoms with Crippen LogP contribution in [0.4, 0.5) is 5.69 Å². The van der Waals surface area contributed by atoms with Crippen molar-refractivity contribution in [3.63, 3.8) is 0 Å². The lowest BCUT2D eigenvalue weighted by Gasteiger charge is -2.14. The number of carbonyl (C=O) groups is 1. The molecule has 1 N–H and O–H groups in total. The number of hydrogen-bond acceptors (Lipinski definition) is 3. The Hall–Kier alpha value is -1.94. The smallest absolute Gasteiger partial charge is 0.275 e. The number of anilines is 1. The first-order chi connectivity index (χ1) is 9.65. The van der Waals surface area contributed by atoms with Crippen molar-refractivity contribution >= 4 is 23.2 Å². The lowest BCUT2D eigenvalue weighted by atomic mass is 10.0. The molecule has 0 aliphatic heterocycles. The minimum Gasteiger partial charge on any atom is -0.320 e. The summed E-state index contributed by atoms with van der Waals surface area (Å²) in [6.45, 7) is 4.12. The molecule has 1 heterocycles. The molecule has 4 nitrogen and oxygen atoms in total. The molecular formula is C15H16ClN3O. The molecule has 2 rings (SSSR count). The maximum absolute atomic E-state index is 12.2. The Morgan fingerprint density at radius 2 is 1.85 bits per heavy atom. The van der Waals surface area contributed by atoms with Gasteiger partial charge in [0.1, 0.15) is 10.8 Å². The summed E-state index contributed by atoms with van der Waals surface area (Å²) in [7, 11) is 0. The van der Waals surface area contributed by atoms with E-state index in [0.717, 1.165) is 29.7 Å². The average molecular weight is 290 g/mol. The summed E-state index contributed by atoms with van der Waals surface area (Å²) in [6.07, 6.45) is 4.51. The van der Waals surface area contributed by atoms with Gasteiger partial charge in [-0.05, 0) is 24.0 Å². The quantitative estimate of drug-likeness (QED) is 0.937. The molecule has 1 aromatic carbocycles. The predicted molar refractivity (Wildman–Crippen MR) is 80.2 cm³/mol. The Labute approximate surface area is 123 Å². The van der Waals surface area contributed by atoms with Crippen LogP contribution in [0.3, 0.4) is 0 Å². The van der Waals surface area contributed by atoms with Crippen molar-refractivity contribution in [2.75, 3.05) is 5.32 Å². The first-order valence-electron chi connectivity index (χ1n) is 6.55. The van der Waals surface area contributed by atoms with Crippen molar-refractivity contribution < 1.29 is 4.79 Å². The Morgan fingerprint density at radius 1 is 1.20 bits per heavy atom. The minimum atomic E-state index is -0.296. The molecule has 1 amide bonds. The van der Waals surface area contributed by atoms with E-state index in [0.29, 0.717) is 0 Å². The number of amides is 1. The molecule has 2 aromatic rings. The zero-order valence-electron chi connectivity index (χ0n) is 11.5. The molecule has 0 bridgehead atoms. The molecule has 0 spiro atoms. The minimum absolute atomic E-state index is 0.206. The van der Waals surface area contributed by atoms with E-state index in [1.807, 2.05) is 18.2 Å². The van der Waals surface area contributed by atoms with Crippen LogP contribution in [0.5, 0.6) is 0 Å². The number of carbonyl (C=O) groups excluding carboxylic acids is 1. The second-order valence-corrected chi connectivity index (χ2v) is 4.73. The molecule has 20 heavy (non-hydrogen) atoms. The zero-order valence-corrected chi connectivity index (χ0v) is 12.2. The summed E-state index contributed by atoms with van der Waals surface area (Å²) in [5.74, 6) is -0.296. The van der Waals surface area contributed by atoms with E-state index in [1.54, 1.807) is 0 Å². The predicted octanol–water partition coefficient (Wildman–Crippen LogP) is 3.51. The fraction of sp³-hybridized carbons (Fsp3) is 0.267. The van der Waals surface area contributed by atoms with Crippen molar-refractivity contribution in [2.45, 2.75) is 26.7 Å². The molecule has 5 heteroatoms. The van der Waals surface area contributed by atoms with Gasteiger partial charge in [-0.1, -0.05) is 43.6 Å². The Kier molecular flexibility index (Phi) is 4.69. The average Bonchev–Trinajstić information content (AvgIpc) is 2.47. The number of halogens is 1. The van der Waals surface area contributed by atoms with Crippen molar-refractivity contribution in [2.24, 2.45) is 0 Å². The number of aryl methyl sites for hydroxylation is 2. The topological polar surface area (TPSA) is 54.9 Å². The number of para-hydroxylation sites is 1. The van der Waals surface area contributed by atoms with Gasteiger partial charge >= 0.3 is 0 Å². The lowest BCUT2D eigenvalue weighted by Crippen LogP contribution is -2.16. The number of aromatic nitrogens is 2. The van der Waals surface area contributed by atoms with E-state index in [4.69, 9.17) is 11.6 Å². The molecule has 0 unspecified atom stereocenters. The van der Waals surface area contributed by atoms with Crippen molar-refractivity contribution in [1.82, 2.24) is 9.97 Å². The molecule has 0 radical (unpaired) electrons. The standard InChI is InChI=1S/C15H16ClN3O/c1-3-10-6-5-7-11(4-2)14(10)19-15(20)12-8-17-9-13(16)18-12/h5-9H,3-4H2,1-2H3,(H,19,20). The van der Waals surface area contributed by atoms with Crippen molar-refractivity contribution in [1.29, 1.82) is 0 Å². The first kappa shape index (κ1) is 14.5. The number of hydrogen-bond donors (Lipinski definition) is 1. The maximum Gasteiger partial charge on any atom is 0.275 e. The molecule has 1 aromatic heterocycles. The van der Waals surface area contributed by atoms with Crippen LogP contribution in [0, 0.1) is 0 Å². The van der Waals surface area contributed by atoms with E-state index in [1.165, 1.54) is 12.4 Å². The Morgan fingerprint density at radius 3 is 2.40 bits per heavy atom. The van der Waals surface area contributed by atoms with Gasteiger partial charge in [0, 0.05) is 5.69 Å². The third-order valence-corrected chi connectivity index (χ3v) is 3.26. The highest BCUT2D eigenvalue weighted by Crippen LogP contribution is 2.23. The summed E-state index contributed by atoms with van der Waals surface area (Å²) < 4.78 is 0. The molecule has 0 aliphatic rings. The monoisotopic (exact) mass is 289 g/mol. The number of benzene rings is 1. The van der Waals surface area contributed by atoms with Gasteiger partial charge in [0.25, 0.3) is 5.91 Å². The molecule has 0 aliphatic carbocycles. The van der Waals surface area contributed by atoms with Crippen molar-refractivity contribution in [3.05, 3.63) is 52.6 Å².